The molecule has 4 N–H and O–H groups in total. The Hall–Kier alpha value is -1.90. The van der Waals surface area contributed by atoms with Crippen molar-refractivity contribution in [2.24, 2.45) is 45.8 Å². The molecule has 1 aromatic rings. The van der Waals surface area contributed by atoms with E-state index in [1.807, 2.05) is 18.2 Å². The average Bonchev–Trinajstić information content (AvgIpc) is 3.19. The molecule has 0 radical (unpaired) electrons. The van der Waals surface area contributed by atoms with Gasteiger partial charge in [0, 0.05) is 11.1 Å². The molecule has 4 aliphatic carbocycles. The Morgan fingerprint density at radius 1 is 1.03 bits per heavy atom. The maximum absolute atomic E-state index is 6.63. The molecule has 0 heterocycles. The molecule has 38 heavy (non-hydrogen) atoms. The van der Waals surface area contributed by atoms with Crippen LogP contribution in [0.2, 0.25) is 0 Å². The summed E-state index contributed by atoms with van der Waals surface area (Å²) in [5.41, 5.74) is 17.5. The van der Waals surface area contributed by atoms with Crippen LogP contribution in [0.25, 0.3) is 0 Å². The maximum Gasteiger partial charge on any atom is 0.142 e. The van der Waals surface area contributed by atoms with E-state index in [9.17, 15) is 0 Å². The van der Waals surface area contributed by atoms with Gasteiger partial charge in [0.2, 0.25) is 0 Å². The number of nitrogen functional groups attached to an aromatic ring is 2. The molecule has 3 heteroatoms. The molecule has 0 amide bonds. The lowest BCUT2D eigenvalue weighted by Gasteiger charge is -2.61. The Balaban J connectivity index is 1.35. The van der Waals surface area contributed by atoms with Gasteiger partial charge >= 0.3 is 0 Å². The highest BCUT2D eigenvalue weighted by Gasteiger charge is 2.61. The second-order valence-electron chi connectivity index (χ2n) is 14.9. The smallest absolute Gasteiger partial charge is 0.142 e. The molecule has 3 saturated carbocycles. The maximum atomic E-state index is 6.63. The molecule has 0 aromatic heterocycles. The average molecular weight is 519 g/mol. The predicted octanol–water partition coefficient (Wildman–Crippen LogP) is 9.20. The first-order valence-corrected chi connectivity index (χ1v) is 15.5. The van der Waals surface area contributed by atoms with Gasteiger partial charge in [-0.1, -0.05) is 57.9 Å². The molecule has 8 unspecified atom stereocenters. The van der Waals surface area contributed by atoms with Crippen LogP contribution in [0.1, 0.15) is 106 Å². The summed E-state index contributed by atoms with van der Waals surface area (Å²) in [4.78, 5) is 0. The number of ether oxygens (including phenoxy) is 1. The molecular formula is C35H54N2O. The van der Waals surface area contributed by atoms with Crippen LogP contribution in [0.3, 0.4) is 0 Å². The minimum absolute atomic E-state index is 0.00972. The molecule has 1 aromatic carbocycles. The molecule has 0 bridgehead atoms. The lowest BCUT2D eigenvalue weighted by molar-refractivity contribution is -0.0738. The van der Waals surface area contributed by atoms with Gasteiger partial charge in [-0.2, -0.15) is 0 Å². The molecule has 210 valence electrons. The Kier molecular flexibility index (Phi) is 7.23. The first-order chi connectivity index (χ1) is 17.9. The van der Waals surface area contributed by atoms with Crippen LogP contribution in [0.15, 0.2) is 41.5 Å². The minimum atomic E-state index is -0.00972. The Bertz CT molecular complexity index is 1100. The van der Waals surface area contributed by atoms with Gasteiger partial charge in [0.05, 0.1) is 5.69 Å². The molecule has 0 saturated heterocycles. The third-order valence-electron chi connectivity index (χ3n) is 12.1. The summed E-state index contributed by atoms with van der Waals surface area (Å²) in [5.74, 6) is 5.04. The summed E-state index contributed by atoms with van der Waals surface area (Å²) < 4.78 is 6.63. The Morgan fingerprint density at radius 3 is 2.50 bits per heavy atom. The van der Waals surface area contributed by atoms with Gasteiger partial charge in [0.1, 0.15) is 11.9 Å². The van der Waals surface area contributed by atoms with Crippen molar-refractivity contribution in [2.45, 2.75) is 112 Å². The van der Waals surface area contributed by atoms with Crippen LogP contribution in [0.4, 0.5) is 11.4 Å². The van der Waals surface area contributed by atoms with Crippen LogP contribution in [-0.2, 0) is 0 Å². The van der Waals surface area contributed by atoms with Gasteiger partial charge in [0.25, 0.3) is 0 Å². The number of nitrogens with two attached hydrogens (primary N) is 2. The summed E-state index contributed by atoms with van der Waals surface area (Å²) in [6, 6.07) is 5.65. The Labute approximate surface area is 232 Å². The lowest BCUT2D eigenvalue weighted by Crippen LogP contribution is -2.55. The monoisotopic (exact) mass is 518 g/mol. The molecule has 0 aliphatic heterocycles. The van der Waals surface area contributed by atoms with Crippen molar-refractivity contribution < 1.29 is 4.74 Å². The normalized spacial score (nSPS) is 38.3. The van der Waals surface area contributed by atoms with Crippen molar-refractivity contribution >= 4 is 11.4 Å². The third-order valence-corrected chi connectivity index (χ3v) is 12.1. The number of fused-ring (bicyclic) bond motifs is 5. The summed E-state index contributed by atoms with van der Waals surface area (Å²) in [7, 11) is 0. The summed E-state index contributed by atoms with van der Waals surface area (Å²) in [6.07, 6.45) is 17.1. The highest BCUT2D eigenvalue weighted by atomic mass is 16.5. The van der Waals surface area contributed by atoms with E-state index >= 15 is 0 Å². The number of allylic oxidation sites excluding steroid dienone is 3. The Morgan fingerprint density at radius 2 is 1.79 bits per heavy atom. The van der Waals surface area contributed by atoms with E-state index in [1.54, 1.807) is 5.57 Å². The van der Waals surface area contributed by atoms with Crippen molar-refractivity contribution in [1.29, 1.82) is 0 Å². The van der Waals surface area contributed by atoms with Gasteiger partial charge in [-0.05, 0) is 130 Å². The van der Waals surface area contributed by atoms with Crippen LogP contribution in [-0.4, -0.2) is 6.10 Å². The standard InChI is InChI=1S/C35H54N2O/c1-22(2)9-8-10-23(3)26-13-14-27-25-12-16-31-33(4,5)32(38-30-15-11-24(36)21-29(30)37)18-20-35(31,7)28(25)17-19-34(26,27)6/h9,11,15-16,21,23,25-28,32H,8,10,12-14,17-20,36-37H2,1-7H3. The second-order valence-corrected chi connectivity index (χ2v) is 14.9. The van der Waals surface area contributed by atoms with Crippen LogP contribution >= 0.6 is 0 Å². The molecular weight excluding hydrogens is 464 g/mol. The zero-order chi connectivity index (χ0) is 27.5. The van der Waals surface area contributed by atoms with E-state index in [0.29, 0.717) is 16.8 Å². The quantitative estimate of drug-likeness (QED) is 0.291. The van der Waals surface area contributed by atoms with Gasteiger partial charge in [-0.3, -0.25) is 0 Å². The zero-order valence-corrected chi connectivity index (χ0v) is 25.3. The highest BCUT2D eigenvalue weighted by molar-refractivity contribution is 5.60. The molecule has 8 atom stereocenters. The number of rotatable bonds is 6. The second kappa shape index (κ2) is 9.93. The van der Waals surface area contributed by atoms with E-state index in [0.717, 1.165) is 41.8 Å². The van der Waals surface area contributed by atoms with Crippen molar-refractivity contribution in [2.75, 3.05) is 11.5 Å². The first-order valence-electron chi connectivity index (χ1n) is 15.5. The van der Waals surface area contributed by atoms with Crippen LogP contribution in [0, 0.1) is 45.8 Å². The minimum Gasteiger partial charge on any atom is -0.487 e. The molecule has 0 spiro atoms. The fourth-order valence-electron chi connectivity index (χ4n) is 10.2. The molecule has 5 rings (SSSR count). The summed E-state index contributed by atoms with van der Waals surface area (Å²) in [5, 5.41) is 0. The van der Waals surface area contributed by atoms with E-state index in [2.05, 4.69) is 60.6 Å². The first kappa shape index (κ1) is 27.7. The topological polar surface area (TPSA) is 61.3 Å². The van der Waals surface area contributed by atoms with Crippen molar-refractivity contribution in [3.8, 4) is 5.75 Å². The summed E-state index contributed by atoms with van der Waals surface area (Å²) in [6.45, 7) is 17.2. The van der Waals surface area contributed by atoms with Gasteiger partial charge < -0.3 is 16.2 Å². The van der Waals surface area contributed by atoms with E-state index in [4.69, 9.17) is 16.2 Å². The number of hydrogen-bond donors (Lipinski definition) is 2. The fraction of sp³-hybridized carbons (Fsp3) is 0.714. The van der Waals surface area contributed by atoms with E-state index < -0.39 is 0 Å². The van der Waals surface area contributed by atoms with Crippen molar-refractivity contribution in [3.63, 3.8) is 0 Å². The SMILES string of the molecule is CC(C)=CCCC(C)C1CCC2C3CC=C4C(C)(C)C(Oc5ccc(N)cc5N)CCC4(C)C3CCC12C. The lowest BCUT2D eigenvalue weighted by atomic mass is 9.44. The fourth-order valence-corrected chi connectivity index (χ4v) is 10.2. The predicted molar refractivity (Wildman–Crippen MR) is 162 cm³/mol. The van der Waals surface area contributed by atoms with Crippen LogP contribution in [0.5, 0.6) is 5.75 Å². The molecule has 3 fully saturated rings. The molecule has 3 nitrogen and oxygen atoms in total. The van der Waals surface area contributed by atoms with E-state index in [1.165, 1.54) is 56.9 Å². The van der Waals surface area contributed by atoms with Gasteiger partial charge in [-0.15, -0.1) is 0 Å². The van der Waals surface area contributed by atoms with Crippen molar-refractivity contribution in [1.82, 2.24) is 0 Å². The zero-order valence-electron chi connectivity index (χ0n) is 25.3. The third kappa shape index (κ3) is 4.50. The number of anilines is 2. The summed E-state index contributed by atoms with van der Waals surface area (Å²) >= 11 is 0. The highest BCUT2D eigenvalue weighted by Crippen LogP contribution is 2.69. The molecule has 4 aliphatic rings. The van der Waals surface area contributed by atoms with E-state index in [-0.39, 0.29) is 16.9 Å². The van der Waals surface area contributed by atoms with Gasteiger partial charge in [0.15, 0.2) is 0 Å². The van der Waals surface area contributed by atoms with Gasteiger partial charge in [-0.25, -0.2) is 0 Å². The van der Waals surface area contributed by atoms with Crippen molar-refractivity contribution in [3.05, 3.63) is 41.5 Å². The largest absolute Gasteiger partial charge is 0.487 e. The number of hydrogen-bond acceptors (Lipinski definition) is 3. The van der Waals surface area contributed by atoms with Crippen LogP contribution < -0.4 is 16.2 Å². The number of benzene rings is 1.